The highest BCUT2D eigenvalue weighted by molar-refractivity contribution is 7.26. The summed E-state index contributed by atoms with van der Waals surface area (Å²) in [5.74, 6) is 0. The standard InChI is InChI=1S/C46H29NS/c1-2-12-30(13-3-1)33-16-10-17-35(28-33)47(40-22-11-23-42-46(40)45-37-19-7-5-15-32(37)26-27-43(45)48-42)41-29-34-25-24-31-14-4-6-18-36(31)44(34)39-21-9-8-20-38(39)41/h1-29H. The van der Waals surface area contributed by atoms with E-state index in [0.717, 1.165) is 5.69 Å². The van der Waals surface area contributed by atoms with Gasteiger partial charge in [-0.05, 0) is 85.2 Å². The number of anilines is 3. The van der Waals surface area contributed by atoms with Crippen molar-refractivity contribution in [2.45, 2.75) is 0 Å². The highest BCUT2D eigenvalue weighted by Gasteiger charge is 2.23. The molecule has 10 rings (SSSR count). The molecule has 0 bridgehead atoms. The average Bonchev–Trinajstić information content (AvgIpc) is 3.55. The minimum absolute atomic E-state index is 1.13. The zero-order valence-electron chi connectivity index (χ0n) is 26.1. The Hall–Kier alpha value is -5.96. The first-order valence-corrected chi connectivity index (χ1v) is 17.3. The van der Waals surface area contributed by atoms with Crippen molar-refractivity contribution in [3.05, 3.63) is 176 Å². The molecule has 224 valence electrons. The topological polar surface area (TPSA) is 3.24 Å². The van der Waals surface area contributed by atoms with Gasteiger partial charge in [0.1, 0.15) is 0 Å². The lowest BCUT2D eigenvalue weighted by Gasteiger charge is -2.29. The third-order valence-electron chi connectivity index (χ3n) is 9.78. The Labute approximate surface area is 282 Å². The second-order valence-corrected chi connectivity index (χ2v) is 13.6. The fraction of sp³-hybridized carbons (Fsp3) is 0. The summed E-state index contributed by atoms with van der Waals surface area (Å²) < 4.78 is 2.60. The molecule has 0 aliphatic heterocycles. The second kappa shape index (κ2) is 10.8. The molecule has 2 heteroatoms. The zero-order valence-corrected chi connectivity index (χ0v) is 26.9. The molecule has 0 amide bonds. The van der Waals surface area contributed by atoms with Gasteiger partial charge in [-0.1, -0.05) is 140 Å². The van der Waals surface area contributed by atoms with E-state index in [2.05, 4.69) is 181 Å². The predicted molar refractivity (Wildman–Crippen MR) is 209 cm³/mol. The molecule has 0 N–H and O–H groups in total. The summed E-state index contributed by atoms with van der Waals surface area (Å²) in [5, 5.41) is 12.7. The summed E-state index contributed by atoms with van der Waals surface area (Å²) in [7, 11) is 0. The minimum atomic E-state index is 1.13. The van der Waals surface area contributed by atoms with Crippen LogP contribution in [-0.2, 0) is 0 Å². The van der Waals surface area contributed by atoms with Crippen molar-refractivity contribution in [2.75, 3.05) is 4.90 Å². The van der Waals surface area contributed by atoms with Gasteiger partial charge in [0.05, 0.1) is 11.4 Å². The first-order chi connectivity index (χ1) is 23.8. The third-order valence-corrected chi connectivity index (χ3v) is 10.9. The molecule has 0 aliphatic carbocycles. The molecular weight excluding hydrogens is 599 g/mol. The van der Waals surface area contributed by atoms with Gasteiger partial charge in [0, 0.05) is 31.2 Å². The maximum atomic E-state index is 2.51. The van der Waals surface area contributed by atoms with Crippen LogP contribution in [0.1, 0.15) is 0 Å². The second-order valence-electron chi connectivity index (χ2n) is 12.5. The molecule has 1 aromatic heterocycles. The summed E-state index contributed by atoms with van der Waals surface area (Å²) in [6, 6.07) is 64.5. The van der Waals surface area contributed by atoms with Crippen molar-refractivity contribution >= 4 is 91.7 Å². The molecule has 0 aliphatic rings. The number of thiophene rings is 1. The molecule has 1 nitrogen and oxygen atoms in total. The van der Waals surface area contributed by atoms with Crippen molar-refractivity contribution in [1.29, 1.82) is 0 Å². The van der Waals surface area contributed by atoms with Crippen LogP contribution in [0.4, 0.5) is 17.1 Å². The molecule has 0 unspecified atom stereocenters. The van der Waals surface area contributed by atoms with Crippen molar-refractivity contribution in [3.8, 4) is 11.1 Å². The van der Waals surface area contributed by atoms with Crippen molar-refractivity contribution in [2.24, 2.45) is 0 Å². The van der Waals surface area contributed by atoms with E-state index in [1.807, 2.05) is 11.3 Å². The van der Waals surface area contributed by atoms with E-state index in [4.69, 9.17) is 0 Å². The van der Waals surface area contributed by atoms with Crippen molar-refractivity contribution < 1.29 is 0 Å². The van der Waals surface area contributed by atoms with Crippen LogP contribution in [0, 0.1) is 0 Å². The molecule has 0 spiro atoms. The van der Waals surface area contributed by atoms with Gasteiger partial charge in [0.2, 0.25) is 0 Å². The van der Waals surface area contributed by atoms with Gasteiger partial charge in [-0.3, -0.25) is 0 Å². The third kappa shape index (κ3) is 4.17. The van der Waals surface area contributed by atoms with Gasteiger partial charge in [0.25, 0.3) is 0 Å². The van der Waals surface area contributed by atoms with Gasteiger partial charge in [0.15, 0.2) is 0 Å². The quantitative estimate of drug-likeness (QED) is 0.176. The van der Waals surface area contributed by atoms with Gasteiger partial charge in [-0.2, -0.15) is 0 Å². The average molecular weight is 628 g/mol. The summed E-state index contributed by atoms with van der Waals surface area (Å²) >= 11 is 1.88. The minimum Gasteiger partial charge on any atom is -0.309 e. The highest BCUT2D eigenvalue weighted by atomic mass is 32.1. The molecule has 0 saturated carbocycles. The van der Waals surface area contributed by atoms with Gasteiger partial charge in [-0.25, -0.2) is 0 Å². The maximum Gasteiger partial charge on any atom is 0.0555 e. The summed E-state index contributed by atoms with van der Waals surface area (Å²) in [6.45, 7) is 0. The van der Waals surface area contributed by atoms with Crippen LogP contribution >= 0.6 is 11.3 Å². The monoisotopic (exact) mass is 627 g/mol. The van der Waals surface area contributed by atoms with Crippen molar-refractivity contribution in [3.63, 3.8) is 0 Å². The molecular formula is C46H29NS. The van der Waals surface area contributed by atoms with E-state index >= 15 is 0 Å². The molecule has 0 radical (unpaired) electrons. The highest BCUT2D eigenvalue weighted by Crippen LogP contribution is 2.49. The first kappa shape index (κ1) is 27.2. The van der Waals surface area contributed by atoms with Crippen LogP contribution in [0.25, 0.3) is 74.4 Å². The Morgan fingerprint density at radius 1 is 0.333 bits per heavy atom. The normalized spacial score (nSPS) is 11.8. The van der Waals surface area contributed by atoms with E-state index in [1.165, 1.54) is 85.8 Å². The maximum absolute atomic E-state index is 2.51. The smallest absolute Gasteiger partial charge is 0.0555 e. The zero-order chi connectivity index (χ0) is 31.6. The van der Waals surface area contributed by atoms with Crippen LogP contribution in [0.5, 0.6) is 0 Å². The SMILES string of the molecule is c1ccc(-c2cccc(N(c3cc4ccc5ccccc5c4c4ccccc34)c3cccc4sc5ccc6ccccc6c5c34)c2)cc1. The number of fused-ring (bicyclic) bond motifs is 10. The van der Waals surface area contributed by atoms with Gasteiger partial charge < -0.3 is 4.90 Å². The lowest BCUT2D eigenvalue weighted by atomic mass is 9.94. The number of nitrogens with zero attached hydrogens (tertiary/aromatic N) is 1. The fourth-order valence-electron chi connectivity index (χ4n) is 7.66. The Morgan fingerprint density at radius 2 is 0.938 bits per heavy atom. The Bertz CT molecular complexity index is 2850. The van der Waals surface area contributed by atoms with Crippen LogP contribution in [-0.4, -0.2) is 0 Å². The lowest BCUT2D eigenvalue weighted by Crippen LogP contribution is -2.11. The first-order valence-electron chi connectivity index (χ1n) is 16.4. The van der Waals surface area contributed by atoms with Crippen LogP contribution in [0.15, 0.2) is 176 Å². The van der Waals surface area contributed by atoms with Gasteiger partial charge >= 0.3 is 0 Å². The molecule has 9 aromatic carbocycles. The number of benzene rings is 9. The van der Waals surface area contributed by atoms with E-state index in [9.17, 15) is 0 Å². The van der Waals surface area contributed by atoms with Crippen LogP contribution in [0.2, 0.25) is 0 Å². The summed E-state index contributed by atoms with van der Waals surface area (Å²) in [4.78, 5) is 2.51. The lowest BCUT2D eigenvalue weighted by molar-refractivity contribution is 1.32. The molecule has 1 heterocycles. The molecule has 0 atom stereocenters. The molecule has 10 aromatic rings. The van der Waals surface area contributed by atoms with E-state index in [-0.39, 0.29) is 0 Å². The Morgan fingerprint density at radius 3 is 1.75 bits per heavy atom. The predicted octanol–water partition coefficient (Wildman–Crippen LogP) is 13.8. The van der Waals surface area contributed by atoms with Crippen molar-refractivity contribution in [1.82, 2.24) is 0 Å². The molecule has 0 saturated heterocycles. The van der Waals surface area contributed by atoms with E-state index < -0.39 is 0 Å². The summed E-state index contributed by atoms with van der Waals surface area (Å²) in [6.07, 6.45) is 0. The van der Waals surface area contributed by atoms with Gasteiger partial charge in [-0.15, -0.1) is 11.3 Å². The fourth-order valence-corrected chi connectivity index (χ4v) is 8.80. The largest absolute Gasteiger partial charge is 0.309 e. The van der Waals surface area contributed by atoms with Crippen LogP contribution in [0.3, 0.4) is 0 Å². The molecule has 0 fully saturated rings. The molecule has 48 heavy (non-hydrogen) atoms. The van der Waals surface area contributed by atoms with Crippen LogP contribution < -0.4 is 4.90 Å². The Balaban J connectivity index is 1.35. The number of rotatable bonds is 4. The van der Waals surface area contributed by atoms with E-state index in [0.29, 0.717) is 0 Å². The van der Waals surface area contributed by atoms with E-state index in [1.54, 1.807) is 0 Å². The Kier molecular flexibility index (Phi) is 6.12. The summed E-state index contributed by atoms with van der Waals surface area (Å²) in [5.41, 5.74) is 5.89. The number of hydrogen-bond donors (Lipinski definition) is 0. The number of hydrogen-bond acceptors (Lipinski definition) is 2.